The van der Waals surface area contributed by atoms with Gasteiger partial charge in [-0.05, 0) is 106 Å². The maximum absolute atomic E-state index is 14.5. The molecule has 3 heterocycles. The number of hydrogen-bond donors (Lipinski definition) is 3. The standard InChI is InChI=1S/C44H71NO11/c1-10-31-18-25(2)17-26(3)19-39(54-8)41-40(55-9)21-28(5)44(52,56-41)42(50)43(51)45-16-12-11-13-33(45)37(49)23-32(29(6)35(47)24-36(31)48)27(4)20-30-14-15-34(46)38(22-30)53-7/h18,20,25-26,28-30,32-35,38-41,46-47,52H,10-17,19,21-24H2,1-9H3/t25?,26-,28+,29-,30-,32+,33-,34+,35-,38+,39-,40-,41+,44+/m0/s1. The highest BCUT2D eigenvalue weighted by Crippen LogP contribution is 2.40. The average Bonchev–Trinajstić information content (AvgIpc) is 3.18. The number of amides is 1. The van der Waals surface area contributed by atoms with Gasteiger partial charge in [0.2, 0.25) is 5.79 Å². The first kappa shape index (κ1) is 46.4. The number of aliphatic hydroxyl groups excluding tert-OH is 2. The third-order valence-electron chi connectivity index (χ3n) is 13.4. The van der Waals surface area contributed by atoms with Gasteiger partial charge >= 0.3 is 0 Å². The van der Waals surface area contributed by atoms with E-state index < -0.39 is 71.8 Å². The molecule has 1 saturated carbocycles. The molecular formula is C44H71NO11. The summed E-state index contributed by atoms with van der Waals surface area (Å²) in [6.07, 6.45) is 5.66. The number of carbonyl (C=O) groups excluding carboxylic acids is 4. The van der Waals surface area contributed by atoms with Crippen molar-refractivity contribution in [1.82, 2.24) is 4.90 Å². The van der Waals surface area contributed by atoms with Gasteiger partial charge in [0.25, 0.3) is 11.7 Å². The van der Waals surface area contributed by atoms with Crippen LogP contribution in [0.1, 0.15) is 119 Å². The molecule has 318 valence electrons. The molecule has 0 spiro atoms. The predicted molar refractivity (Wildman–Crippen MR) is 211 cm³/mol. The van der Waals surface area contributed by atoms with Crippen molar-refractivity contribution < 1.29 is 53.4 Å². The molecule has 3 fully saturated rings. The van der Waals surface area contributed by atoms with E-state index in [4.69, 9.17) is 18.9 Å². The smallest absolute Gasteiger partial charge is 0.296 e. The fourth-order valence-corrected chi connectivity index (χ4v) is 9.90. The highest BCUT2D eigenvalue weighted by Gasteiger charge is 2.56. The van der Waals surface area contributed by atoms with Crippen LogP contribution >= 0.6 is 0 Å². The van der Waals surface area contributed by atoms with Gasteiger partial charge in [-0.3, -0.25) is 19.2 Å². The van der Waals surface area contributed by atoms with Crippen LogP contribution in [-0.4, -0.2) is 120 Å². The Morgan fingerprint density at radius 3 is 2.18 bits per heavy atom. The Labute approximate surface area is 334 Å². The topological polar surface area (TPSA) is 169 Å². The molecule has 12 heteroatoms. The highest BCUT2D eigenvalue weighted by molar-refractivity contribution is 6.39. The lowest BCUT2D eigenvalue weighted by Crippen LogP contribution is -2.64. The van der Waals surface area contributed by atoms with Crippen molar-refractivity contribution in [3.63, 3.8) is 0 Å². The lowest BCUT2D eigenvalue weighted by molar-refractivity contribution is -0.302. The zero-order valence-electron chi connectivity index (χ0n) is 35.4. The Morgan fingerprint density at radius 1 is 0.875 bits per heavy atom. The van der Waals surface area contributed by atoms with Crippen LogP contribution in [0, 0.1) is 35.5 Å². The number of piperidine rings is 1. The van der Waals surface area contributed by atoms with Gasteiger partial charge in [0.1, 0.15) is 6.10 Å². The first-order valence-electron chi connectivity index (χ1n) is 21.1. The number of fused-ring (bicyclic) bond motifs is 3. The fourth-order valence-electron chi connectivity index (χ4n) is 9.90. The molecule has 0 aromatic rings. The monoisotopic (exact) mass is 790 g/mol. The minimum Gasteiger partial charge on any atom is -0.392 e. The molecule has 1 unspecified atom stereocenters. The Hall–Kier alpha value is -2.32. The molecule has 0 aromatic heterocycles. The van der Waals surface area contributed by atoms with E-state index in [1.807, 2.05) is 26.8 Å². The molecule has 2 bridgehead atoms. The van der Waals surface area contributed by atoms with E-state index in [0.29, 0.717) is 56.9 Å². The van der Waals surface area contributed by atoms with Crippen molar-refractivity contribution in [2.24, 2.45) is 35.5 Å². The molecule has 3 N–H and O–H groups in total. The van der Waals surface area contributed by atoms with Gasteiger partial charge in [-0.15, -0.1) is 0 Å². The molecule has 0 aromatic carbocycles. The normalized spacial score (nSPS) is 40.8. The fraction of sp³-hybridized carbons (Fsp3) is 0.818. The van der Waals surface area contributed by atoms with Gasteiger partial charge in [0, 0.05) is 46.6 Å². The molecule has 3 aliphatic heterocycles. The second-order valence-electron chi connectivity index (χ2n) is 17.6. The first-order chi connectivity index (χ1) is 26.5. The van der Waals surface area contributed by atoms with Crippen LogP contribution in [0.25, 0.3) is 0 Å². The molecule has 0 radical (unpaired) electrons. The highest BCUT2D eigenvalue weighted by atomic mass is 16.7. The molecule has 4 aliphatic rings. The number of ketones is 3. The lowest BCUT2D eigenvalue weighted by Gasteiger charge is -2.47. The summed E-state index contributed by atoms with van der Waals surface area (Å²) < 4.78 is 23.6. The van der Waals surface area contributed by atoms with E-state index in [1.165, 1.54) is 4.90 Å². The second kappa shape index (κ2) is 20.6. The van der Waals surface area contributed by atoms with Gasteiger partial charge in [0.05, 0.1) is 36.6 Å². The van der Waals surface area contributed by atoms with Crippen LogP contribution in [0.4, 0.5) is 0 Å². The molecule has 2 saturated heterocycles. The average molecular weight is 790 g/mol. The number of hydrogen-bond acceptors (Lipinski definition) is 11. The number of allylic oxidation sites excluding steroid dienone is 4. The second-order valence-corrected chi connectivity index (χ2v) is 17.6. The van der Waals surface area contributed by atoms with Crippen molar-refractivity contribution in [2.45, 2.75) is 167 Å². The number of ether oxygens (including phenoxy) is 4. The van der Waals surface area contributed by atoms with Crippen LogP contribution in [-0.2, 0) is 38.1 Å². The maximum Gasteiger partial charge on any atom is 0.296 e. The molecule has 12 nitrogen and oxygen atoms in total. The number of methoxy groups -OCH3 is 3. The summed E-state index contributed by atoms with van der Waals surface area (Å²) in [6, 6.07) is -0.910. The third-order valence-corrected chi connectivity index (χ3v) is 13.4. The zero-order valence-corrected chi connectivity index (χ0v) is 35.4. The van der Waals surface area contributed by atoms with Gasteiger partial charge in [-0.2, -0.15) is 0 Å². The molecule has 14 atom stereocenters. The third kappa shape index (κ3) is 10.8. The van der Waals surface area contributed by atoms with Gasteiger partial charge in [0.15, 0.2) is 11.6 Å². The summed E-state index contributed by atoms with van der Waals surface area (Å²) in [5.74, 6) is -6.48. The maximum atomic E-state index is 14.5. The summed E-state index contributed by atoms with van der Waals surface area (Å²) in [5.41, 5.74) is 1.54. The van der Waals surface area contributed by atoms with Crippen molar-refractivity contribution in [3.05, 3.63) is 23.3 Å². The Bertz CT molecular complexity index is 1430. The van der Waals surface area contributed by atoms with Gasteiger partial charge in [-0.1, -0.05) is 52.3 Å². The minimum absolute atomic E-state index is 0.0177. The van der Waals surface area contributed by atoms with E-state index >= 15 is 0 Å². The summed E-state index contributed by atoms with van der Waals surface area (Å²) in [6.45, 7) is 11.7. The lowest BCUT2D eigenvalue weighted by atomic mass is 9.75. The Balaban J connectivity index is 1.76. The molecule has 4 rings (SSSR count). The van der Waals surface area contributed by atoms with E-state index in [9.17, 15) is 34.5 Å². The zero-order chi connectivity index (χ0) is 41.5. The van der Waals surface area contributed by atoms with Crippen LogP contribution < -0.4 is 0 Å². The Morgan fingerprint density at radius 2 is 1.54 bits per heavy atom. The number of nitrogens with zero attached hydrogens (tertiary/aromatic N) is 1. The van der Waals surface area contributed by atoms with E-state index in [1.54, 1.807) is 28.3 Å². The molecular weight excluding hydrogens is 718 g/mol. The molecule has 1 amide bonds. The van der Waals surface area contributed by atoms with Crippen LogP contribution in [0.3, 0.4) is 0 Å². The summed E-state index contributed by atoms with van der Waals surface area (Å²) in [4.78, 5) is 58.1. The van der Waals surface area contributed by atoms with Crippen LogP contribution in [0.15, 0.2) is 23.3 Å². The van der Waals surface area contributed by atoms with Crippen LogP contribution in [0.2, 0.25) is 0 Å². The van der Waals surface area contributed by atoms with Crippen molar-refractivity contribution >= 4 is 23.3 Å². The minimum atomic E-state index is -2.46. The Kier molecular flexibility index (Phi) is 17.0. The van der Waals surface area contributed by atoms with Gasteiger partial charge < -0.3 is 39.2 Å². The molecule has 56 heavy (non-hydrogen) atoms. The van der Waals surface area contributed by atoms with Crippen molar-refractivity contribution in [3.8, 4) is 0 Å². The first-order valence-corrected chi connectivity index (χ1v) is 21.1. The summed E-state index contributed by atoms with van der Waals surface area (Å²) >= 11 is 0. The number of carbonyl (C=O) groups is 4. The van der Waals surface area contributed by atoms with Crippen molar-refractivity contribution in [1.29, 1.82) is 0 Å². The number of aliphatic hydroxyl groups is 3. The SMILES string of the molecule is CCC1=CC(C)C[C@H](C)C[C@H](OC)[C@H]2O[C@@](O)(C(=O)C(=O)N3CCCC[C@H]3C(=O)C[C@H](C(C)=C[C@@H]3CC[C@@H](O)[C@H](OC)C3)[C@H](C)[C@@H](O)CC1=O)[C@H](C)C[C@@H]2OC. The number of Topliss-reactive ketones (excluding diaryl/α,β-unsaturated/α-hetero) is 3. The van der Waals surface area contributed by atoms with E-state index in [-0.39, 0.29) is 61.2 Å². The molecule has 1 aliphatic carbocycles. The summed E-state index contributed by atoms with van der Waals surface area (Å²) in [7, 11) is 4.68. The van der Waals surface area contributed by atoms with Gasteiger partial charge in [-0.25, -0.2) is 0 Å². The summed E-state index contributed by atoms with van der Waals surface area (Å²) in [5, 5.41) is 34.2. The predicted octanol–water partition coefficient (Wildman–Crippen LogP) is 5.14. The van der Waals surface area contributed by atoms with Crippen LogP contribution in [0.5, 0.6) is 0 Å². The van der Waals surface area contributed by atoms with E-state index in [2.05, 4.69) is 19.9 Å². The number of rotatable bonds is 6. The van der Waals surface area contributed by atoms with E-state index in [0.717, 1.165) is 12.0 Å². The quantitative estimate of drug-likeness (QED) is 0.241. The van der Waals surface area contributed by atoms with Crippen molar-refractivity contribution in [2.75, 3.05) is 27.9 Å². The largest absolute Gasteiger partial charge is 0.392 e.